The maximum Gasteiger partial charge on any atom is 0.171 e. The molecule has 0 aromatic heterocycles. The van der Waals surface area contributed by atoms with Gasteiger partial charge in [-0.2, -0.15) is 0 Å². The van der Waals surface area contributed by atoms with Gasteiger partial charge in [0.2, 0.25) is 0 Å². The number of carbonyl (C=O) groups excluding carboxylic acids is 1. The summed E-state index contributed by atoms with van der Waals surface area (Å²) in [6, 6.07) is 0.715. The zero-order chi connectivity index (χ0) is 12.8. The second-order valence-corrected chi connectivity index (χ2v) is 6.45. The minimum Gasteiger partial charge on any atom is -0.361 e. The van der Waals surface area contributed by atoms with E-state index < -0.39 is 5.60 Å². The lowest BCUT2D eigenvalue weighted by atomic mass is 9.85. The molecule has 17 heavy (non-hydrogen) atoms. The lowest BCUT2D eigenvalue weighted by Gasteiger charge is -2.30. The van der Waals surface area contributed by atoms with Gasteiger partial charge in [0.15, 0.2) is 5.78 Å². The zero-order valence-corrected chi connectivity index (χ0v) is 11.7. The molecule has 1 saturated heterocycles. The van der Waals surface area contributed by atoms with Gasteiger partial charge >= 0.3 is 0 Å². The van der Waals surface area contributed by atoms with Gasteiger partial charge in [-0.25, -0.2) is 0 Å². The van der Waals surface area contributed by atoms with E-state index in [1.807, 2.05) is 27.7 Å². The quantitative estimate of drug-likeness (QED) is 0.753. The highest BCUT2D eigenvalue weighted by Gasteiger charge is 2.53. The van der Waals surface area contributed by atoms with Gasteiger partial charge in [-0.15, -0.1) is 0 Å². The molecule has 1 unspecified atom stereocenters. The van der Waals surface area contributed by atoms with Gasteiger partial charge in [0, 0.05) is 12.6 Å². The van der Waals surface area contributed by atoms with Crippen molar-refractivity contribution >= 4 is 5.78 Å². The summed E-state index contributed by atoms with van der Waals surface area (Å²) < 4.78 is 5.93. The Bertz CT molecular complexity index is 318. The van der Waals surface area contributed by atoms with Gasteiger partial charge in [-0.1, -0.05) is 6.92 Å². The predicted molar refractivity (Wildman–Crippen MR) is 68.0 cm³/mol. The molecule has 0 aromatic carbocycles. The first-order chi connectivity index (χ1) is 7.78. The van der Waals surface area contributed by atoms with E-state index in [2.05, 4.69) is 11.8 Å². The molecule has 0 amide bonds. The van der Waals surface area contributed by atoms with Gasteiger partial charge in [0.25, 0.3) is 0 Å². The third kappa shape index (κ3) is 2.41. The Hall–Kier alpha value is -0.410. The summed E-state index contributed by atoms with van der Waals surface area (Å²) in [4.78, 5) is 14.8. The van der Waals surface area contributed by atoms with Crippen molar-refractivity contribution in [2.24, 2.45) is 5.92 Å². The third-order valence-electron chi connectivity index (χ3n) is 4.15. The number of ether oxygens (including phenoxy) is 1. The van der Waals surface area contributed by atoms with Crippen LogP contribution in [0.2, 0.25) is 0 Å². The number of hydrogen-bond donors (Lipinski definition) is 0. The molecule has 2 aliphatic rings. The number of ketones is 1. The van der Waals surface area contributed by atoms with Crippen LogP contribution in [0.15, 0.2) is 0 Å². The van der Waals surface area contributed by atoms with Crippen LogP contribution in [0.4, 0.5) is 0 Å². The van der Waals surface area contributed by atoms with Crippen molar-refractivity contribution in [1.82, 2.24) is 4.90 Å². The molecule has 1 heterocycles. The fraction of sp³-hybridized carbons (Fsp3) is 0.929. The van der Waals surface area contributed by atoms with Crippen molar-refractivity contribution in [2.75, 3.05) is 13.1 Å². The van der Waals surface area contributed by atoms with E-state index in [1.54, 1.807) is 0 Å². The Morgan fingerprint density at radius 3 is 2.24 bits per heavy atom. The molecule has 3 nitrogen and oxygen atoms in total. The first-order valence-electron chi connectivity index (χ1n) is 6.76. The molecular formula is C14H25NO2. The topological polar surface area (TPSA) is 29.5 Å². The van der Waals surface area contributed by atoms with E-state index in [-0.39, 0.29) is 17.3 Å². The first kappa shape index (κ1) is 13.0. The van der Waals surface area contributed by atoms with E-state index in [9.17, 15) is 4.79 Å². The van der Waals surface area contributed by atoms with Crippen molar-refractivity contribution < 1.29 is 9.53 Å². The molecular weight excluding hydrogens is 214 g/mol. The Morgan fingerprint density at radius 1 is 1.29 bits per heavy atom. The van der Waals surface area contributed by atoms with Gasteiger partial charge in [-0.3, -0.25) is 9.69 Å². The maximum atomic E-state index is 12.4. The summed E-state index contributed by atoms with van der Waals surface area (Å²) in [5.74, 6) is 0.277. The average Bonchev–Trinajstić information content (AvgIpc) is 2.97. The molecule has 1 aliphatic carbocycles. The van der Waals surface area contributed by atoms with Crippen LogP contribution in [-0.2, 0) is 9.53 Å². The highest BCUT2D eigenvalue weighted by Crippen LogP contribution is 2.40. The van der Waals surface area contributed by atoms with E-state index >= 15 is 0 Å². The maximum absolute atomic E-state index is 12.4. The molecule has 0 aromatic rings. The monoisotopic (exact) mass is 239 g/mol. The van der Waals surface area contributed by atoms with Crippen LogP contribution in [0.3, 0.4) is 0 Å². The van der Waals surface area contributed by atoms with Crippen molar-refractivity contribution in [2.45, 2.75) is 64.7 Å². The van der Waals surface area contributed by atoms with Crippen LogP contribution >= 0.6 is 0 Å². The molecule has 1 saturated carbocycles. The van der Waals surface area contributed by atoms with Crippen molar-refractivity contribution in [1.29, 1.82) is 0 Å². The van der Waals surface area contributed by atoms with Crippen LogP contribution in [0.25, 0.3) is 0 Å². The molecule has 0 N–H and O–H groups in total. The van der Waals surface area contributed by atoms with E-state index in [0.717, 1.165) is 13.1 Å². The van der Waals surface area contributed by atoms with Gasteiger partial charge < -0.3 is 4.74 Å². The van der Waals surface area contributed by atoms with Crippen LogP contribution in [0, 0.1) is 5.92 Å². The second-order valence-electron chi connectivity index (χ2n) is 6.45. The molecule has 2 rings (SSSR count). The lowest BCUT2D eigenvalue weighted by molar-refractivity contribution is -0.132. The molecule has 2 fully saturated rings. The van der Waals surface area contributed by atoms with Crippen LogP contribution < -0.4 is 0 Å². The first-order valence-corrected chi connectivity index (χ1v) is 6.76. The molecule has 0 spiro atoms. The molecule has 0 bridgehead atoms. The van der Waals surface area contributed by atoms with Crippen LogP contribution in [0.1, 0.15) is 47.5 Å². The van der Waals surface area contributed by atoms with Gasteiger partial charge in [0.1, 0.15) is 5.60 Å². The Morgan fingerprint density at radius 2 is 1.88 bits per heavy atom. The summed E-state index contributed by atoms with van der Waals surface area (Å²) in [6.07, 6.45) is 2.58. The summed E-state index contributed by atoms with van der Waals surface area (Å²) in [6.45, 7) is 11.9. The number of rotatable bonds is 4. The molecule has 1 atom stereocenters. The standard InChI is InChI=1S/C14H25NO2/c1-6-15(10-7-8-10)9-11-12(16)14(4,5)17-13(11,2)3/h10-11H,6-9H2,1-5H3. The summed E-state index contributed by atoms with van der Waals surface area (Å²) in [5, 5.41) is 0. The molecule has 98 valence electrons. The molecule has 1 aliphatic heterocycles. The van der Waals surface area contributed by atoms with E-state index in [0.29, 0.717) is 6.04 Å². The van der Waals surface area contributed by atoms with E-state index in [1.165, 1.54) is 12.8 Å². The molecule has 0 radical (unpaired) electrons. The number of Topliss-reactive ketones (excluding diaryl/α,β-unsaturated/α-hetero) is 1. The SMILES string of the molecule is CCN(CC1C(=O)C(C)(C)OC1(C)C)C1CC1. The Labute approximate surface area is 105 Å². The van der Waals surface area contributed by atoms with Crippen LogP contribution in [0.5, 0.6) is 0 Å². The average molecular weight is 239 g/mol. The molecule has 3 heteroatoms. The van der Waals surface area contributed by atoms with Crippen LogP contribution in [-0.4, -0.2) is 41.0 Å². The second kappa shape index (κ2) is 4.06. The van der Waals surface area contributed by atoms with Gasteiger partial charge in [-0.05, 0) is 47.1 Å². The summed E-state index contributed by atoms with van der Waals surface area (Å²) >= 11 is 0. The number of hydrogen-bond acceptors (Lipinski definition) is 3. The fourth-order valence-corrected chi connectivity index (χ4v) is 3.03. The largest absolute Gasteiger partial charge is 0.361 e. The zero-order valence-electron chi connectivity index (χ0n) is 11.7. The minimum atomic E-state index is -0.614. The lowest BCUT2D eigenvalue weighted by Crippen LogP contribution is -2.42. The smallest absolute Gasteiger partial charge is 0.171 e. The predicted octanol–water partition coefficient (Wildman–Crippen LogP) is 2.24. The highest BCUT2D eigenvalue weighted by atomic mass is 16.5. The number of carbonyl (C=O) groups is 1. The summed E-state index contributed by atoms with van der Waals surface area (Å²) in [5.41, 5.74) is -0.944. The third-order valence-corrected chi connectivity index (χ3v) is 4.15. The number of nitrogens with zero attached hydrogens (tertiary/aromatic N) is 1. The van der Waals surface area contributed by atoms with Gasteiger partial charge in [0.05, 0.1) is 11.5 Å². The Kier molecular flexibility index (Phi) is 3.11. The fourth-order valence-electron chi connectivity index (χ4n) is 3.03. The van der Waals surface area contributed by atoms with Crippen molar-refractivity contribution in [3.63, 3.8) is 0 Å². The van der Waals surface area contributed by atoms with Crippen molar-refractivity contribution in [3.05, 3.63) is 0 Å². The minimum absolute atomic E-state index is 0.0121. The highest BCUT2D eigenvalue weighted by molar-refractivity contribution is 5.91. The normalized spacial score (nSPS) is 31.2. The van der Waals surface area contributed by atoms with E-state index in [4.69, 9.17) is 4.74 Å². The van der Waals surface area contributed by atoms with Crippen molar-refractivity contribution in [3.8, 4) is 0 Å². The Balaban J connectivity index is 2.10. The summed E-state index contributed by atoms with van der Waals surface area (Å²) in [7, 11) is 0.